The van der Waals surface area contributed by atoms with Gasteiger partial charge in [0.25, 0.3) is 0 Å². The Kier molecular flexibility index (Phi) is 6.77. The summed E-state index contributed by atoms with van der Waals surface area (Å²) in [7, 11) is 3.09. The Morgan fingerprint density at radius 1 is 1.06 bits per heavy atom. The van der Waals surface area contributed by atoms with Gasteiger partial charge in [-0.25, -0.2) is 0 Å². The minimum absolute atomic E-state index is 0.0674. The van der Waals surface area contributed by atoms with Gasteiger partial charge in [0.05, 0.1) is 31.7 Å². The van der Waals surface area contributed by atoms with Gasteiger partial charge in [0.15, 0.2) is 17.3 Å². The third-order valence-electron chi connectivity index (χ3n) is 5.75. The minimum atomic E-state index is -0.834. The summed E-state index contributed by atoms with van der Waals surface area (Å²) in [4.78, 5) is 17.5. The lowest BCUT2D eigenvalue weighted by molar-refractivity contribution is 0.0937. The number of thiophene rings is 1. The molecule has 2 aromatic carbocycles. The summed E-state index contributed by atoms with van der Waals surface area (Å²) in [6, 6.07) is 15.3. The van der Waals surface area contributed by atoms with Crippen molar-refractivity contribution in [2.45, 2.75) is 32.8 Å². The van der Waals surface area contributed by atoms with Crippen LogP contribution in [0, 0.1) is 13.8 Å². The monoisotopic (exact) mass is 461 g/mol. The molecule has 0 aliphatic rings. The molecule has 0 aliphatic heterocycles. The van der Waals surface area contributed by atoms with Crippen molar-refractivity contribution in [2.24, 2.45) is 0 Å². The fourth-order valence-corrected chi connectivity index (χ4v) is 5.02. The van der Waals surface area contributed by atoms with Crippen molar-refractivity contribution < 1.29 is 19.4 Å². The fourth-order valence-electron chi connectivity index (χ4n) is 3.97. The van der Waals surface area contributed by atoms with Crippen molar-refractivity contribution in [3.63, 3.8) is 0 Å². The van der Waals surface area contributed by atoms with Gasteiger partial charge in [-0.3, -0.25) is 9.78 Å². The van der Waals surface area contributed by atoms with E-state index in [1.165, 1.54) is 22.8 Å². The summed E-state index contributed by atoms with van der Waals surface area (Å²) in [5.74, 6) is 1.01. The van der Waals surface area contributed by atoms with Crippen LogP contribution in [-0.2, 0) is 0 Å². The van der Waals surface area contributed by atoms with Gasteiger partial charge in [-0.2, -0.15) is 0 Å². The molecule has 33 heavy (non-hydrogen) atoms. The van der Waals surface area contributed by atoms with Gasteiger partial charge in [-0.1, -0.05) is 18.2 Å². The molecule has 0 saturated carbocycles. The van der Waals surface area contributed by atoms with Crippen LogP contribution in [0.2, 0.25) is 0 Å². The van der Waals surface area contributed by atoms with Crippen molar-refractivity contribution in [1.29, 1.82) is 0 Å². The predicted octanol–water partition coefficient (Wildman–Crippen LogP) is 6.29. The first-order valence-electron chi connectivity index (χ1n) is 10.8. The zero-order chi connectivity index (χ0) is 23.5. The van der Waals surface area contributed by atoms with Crippen molar-refractivity contribution in [1.82, 2.24) is 4.98 Å². The summed E-state index contributed by atoms with van der Waals surface area (Å²) in [6.07, 6.45) is -0.353. The average Bonchev–Trinajstić information content (AvgIpc) is 3.27. The van der Waals surface area contributed by atoms with E-state index < -0.39 is 6.10 Å². The van der Waals surface area contributed by atoms with Gasteiger partial charge >= 0.3 is 0 Å². The Balaban J connectivity index is 1.53. The number of hydrogen-bond donors (Lipinski definition) is 1. The summed E-state index contributed by atoms with van der Waals surface area (Å²) in [5, 5.41) is 14.1. The lowest BCUT2D eigenvalue weighted by atomic mass is 10.0. The molecule has 4 aromatic rings. The number of benzene rings is 2. The normalized spacial score (nSPS) is 12.0. The van der Waals surface area contributed by atoms with Crippen LogP contribution in [0.15, 0.2) is 53.9 Å². The van der Waals surface area contributed by atoms with E-state index in [4.69, 9.17) is 14.5 Å². The summed E-state index contributed by atoms with van der Waals surface area (Å²) in [5.41, 5.74) is 5.27. The molecule has 2 heterocycles. The van der Waals surface area contributed by atoms with E-state index in [1.807, 2.05) is 19.1 Å². The second-order valence-corrected chi connectivity index (χ2v) is 8.98. The number of ether oxygens (including phenoxy) is 2. The number of rotatable bonds is 8. The molecular formula is C27H27NO4S. The predicted molar refractivity (Wildman–Crippen MR) is 133 cm³/mol. The van der Waals surface area contributed by atoms with Gasteiger partial charge in [-0.05, 0) is 61.7 Å². The molecule has 4 rings (SSSR count). The van der Waals surface area contributed by atoms with Gasteiger partial charge < -0.3 is 14.6 Å². The molecule has 0 radical (unpaired) electrons. The number of aryl methyl sites for hydroxylation is 2. The second-order valence-electron chi connectivity index (χ2n) is 8.10. The minimum Gasteiger partial charge on any atom is -0.493 e. The van der Waals surface area contributed by atoms with E-state index in [9.17, 15) is 9.90 Å². The molecule has 6 heteroatoms. The number of hydrogen-bond acceptors (Lipinski definition) is 6. The first kappa shape index (κ1) is 23.0. The number of carbonyl (C=O) groups is 1. The number of pyridine rings is 1. The number of aromatic nitrogens is 1. The zero-order valence-corrected chi connectivity index (χ0v) is 20.0. The Morgan fingerprint density at radius 3 is 2.61 bits per heavy atom. The quantitative estimate of drug-likeness (QED) is 0.312. The van der Waals surface area contributed by atoms with E-state index in [2.05, 4.69) is 30.5 Å². The maximum atomic E-state index is 12.7. The van der Waals surface area contributed by atoms with Gasteiger partial charge in [-0.15, -0.1) is 11.3 Å². The maximum Gasteiger partial charge on any atom is 0.163 e. The molecule has 0 fully saturated rings. The first-order valence-corrected chi connectivity index (χ1v) is 11.7. The van der Waals surface area contributed by atoms with Crippen molar-refractivity contribution >= 4 is 27.2 Å². The summed E-state index contributed by atoms with van der Waals surface area (Å²) >= 11 is 1.71. The number of ketones is 1. The smallest absolute Gasteiger partial charge is 0.163 e. The second kappa shape index (κ2) is 9.73. The molecule has 0 aliphatic carbocycles. The number of nitrogens with zero attached hydrogens (tertiary/aromatic N) is 1. The van der Waals surface area contributed by atoms with Crippen LogP contribution in [0.1, 0.15) is 46.1 Å². The Morgan fingerprint density at radius 2 is 1.85 bits per heavy atom. The molecule has 5 nitrogen and oxygen atoms in total. The lowest BCUT2D eigenvalue weighted by Crippen LogP contribution is -2.07. The molecule has 170 valence electrons. The van der Waals surface area contributed by atoms with E-state index in [1.54, 1.807) is 36.6 Å². The van der Waals surface area contributed by atoms with Crippen LogP contribution in [0.4, 0.5) is 0 Å². The van der Waals surface area contributed by atoms with Crippen LogP contribution < -0.4 is 9.47 Å². The van der Waals surface area contributed by atoms with Crippen LogP contribution in [0.3, 0.4) is 0 Å². The van der Waals surface area contributed by atoms with Crippen molar-refractivity contribution in [3.05, 3.63) is 76.3 Å². The van der Waals surface area contributed by atoms with Crippen LogP contribution in [0.5, 0.6) is 11.5 Å². The molecule has 1 N–H and O–H groups in total. The molecule has 0 saturated heterocycles. The molecule has 0 bridgehead atoms. The average molecular weight is 462 g/mol. The molecule has 1 unspecified atom stereocenters. The topological polar surface area (TPSA) is 68.7 Å². The number of carbonyl (C=O) groups excluding carboxylic acids is 1. The van der Waals surface area contributed by atoms with Gasteiger partial charge in [0, 0.05) is 33.0 Å². The third kappa shape index (κ3) is 4.77. The highest BCUT2D eigenvalue weighted by molar-refractivity contribution is 7.18. The highest BCUT2D eigenvalue weighted by Gasteiger charge is 2.17. The van der Waals surface area contributed by atoms with Crippen LogP contribution >= 0.6 is 11.3 Å². The SMILES string of the molecule is COc1ccc(C(=O)CCC(O)c2cc(C)cc(-c3csc4c(C)cccc34)n2)cc1OC. The lowest BCUT2D eigenvalue weighted by Gasteiger charge is -2.13. The number of aliphatic hydroxyl groups excluding tert-OH is 1. The number of aliphatic hydroxyl groups is 1. The first-order chi connectivity index (χ1) is 15.9. The molecule has 2 aromatic heterocycles. The van der Waals surface area contributed by atoms with E-state index in [0.717, 1.165) is 16.8 Å². The van der Waals surface area contributed by atoms with Crippen LogP contribution in [-0.4, -0.2) is 30.1 Å². The maximum absolute atomic E-state index is 12.7. The van der Waals surface area contributed by atoms with Gasteiger partial charge in [0.1, 0.15) is 0 Å². The largest absolute Gasteiger partial charge is 0.493 e. The standard InChI is InChI=1S/C27H27NO4S/c1-16-12-21(20-15-33-27-17(2)6-5-7-19(20)27)28-22(13-16)24(30)10-9-23(29)18-8-11-25(31-3)26(14-18)32-4/h5-8,11-15,24,30H,9-10H2,1-4H3. The number of methoxy groups -OCH3 is 2. The van der Waals surface area contributed by atoms with E-state index >= 15 is 0 Å². The van der Waals surface area contributed by atoms with Crippen molar-refractivity contribution in [2.75, 3.05) is 14.2 Å². The van der Waals surface area contributed by atoms with E-state index in [0.29, 0.717) is 22.8 Å². The fraction of sp³-hybridized carbons (Fsp3) is 0.259. The van der Waals surface area contributed by atoms with Crippen molar-refractivity contribution in [3.8, 4) is 22.8 Å². The molecular weight excluding hydrogens is 434 g/mol. The van der Waals surface area contributed by atoms with Crippen LogP contribution in [0.25, 0.3) is 21.3 Å². The Labute approximate surface area is 197 Å². The summed E-state index contributed by atoms with van der Waals surface area (Å²) < 4.78 is 11.8. The highest BCUT2D eigenvalue weighted by Crippen LogP contribution is 2.36. The summed E-state index contributed by atoms with van der Waals surface area (Å²) in [6.45, 7) is 4.10. The number of fused-ring (bicyclic) bond motifs is 1. The zero-order valence-electron chi connectivity index (χ0n) is 19.2. The molecule has 0 spiro atoms. The van der Waals surface area contributed by atoms with Gasteiger partial charge in [0.2, 0.25) is 0 Å². The third-order valence-corrected chi connectivity index (χ3v) is 6.89. The Hall–Kier alpha value is -3.22. The Bertz CT molecular complexity index is 1310. The molecule has 0 amide bonds. The highest BCUT2D eigenvalue weighted by atomic mass is 32.1. The molecule has 1 atom stereocenters. The number of Topliss-reactive ketones (excluding diaryl/α,β-unsaturated/α-hetero) is 1. The van der Waals surface area contributed by atoms with E-state index in [-0.39, 0.29) is 18.6 Å².